The van der Waals surface area contributed by atoms with Crippen molar-refractivity contribution in [3.63, 3.8) is 0 Å². The summed E-state index contributed by atoms with van der Waals surface area (Å²) in [6, 6.07) is 7.67. The van der Waals surface area contributed by atoms with Crippen LogP contribution < -0.4 is 10.9 Å². The number of benzene rings is 1. The largest absolute Gasteiger partial charge is 0.416 e. The maximum Gasteiger partial charge on any atom is 0.416 e. The Morgan fingerprint density at radius 2 is 1.88 bits per heavy atom. The van der Waals surface area contributed by atoms with Gasteiger partial charge in [-0.3, -0.25) is 9.59 Å². The first kappa shape index (κ1) is 17.2. The number of fused-ring (bicyclic) bond motifs is 1. The minimum atomic E-state index is -4.43. The second-order valence-corrected chi connectivity index (χ2v) is 6.79. The van der Waals surface area contributed by atoms with Gasteiger partial charge in [0.2, 0.25) is 5.91 Å². The zero-order chi connectivity index (χ0) is 18.2. The highest BCUT2D eigenvalue weighted by atomic mass is 32.1. The molecule has 1 aromatic carbocycles. The maximum absolute atomic E-state index is 12.5. The average molecular weight is 366 g/mol. The van der Waals surface area contributed by atoms with E-state index in [1.807, 2.05) is 6.92 Å². The van der Waals surface area contributed by atoms with Gasteiger partial charge in [-0.2, -0.15) is 13.2 Å². The van der Waals surface area contributed by atoms with Crippen LogP contribution >= 0.6 is 11.3 Å². The van der Waals surface area contributed by atoms with Gasteiger partial charge in [-0.15, -0.1) is 11.3 Å². The third-order valence-corrected chi connectivity index (χ3v) is 4.61. The molecule has 0 spiro atoms. The summed E-state index contributed by atoms with van der Waals surface area (Å²) in [7, 11) is 0. The second kappa shape index (κ2) is 6.36. The monoisotopic (exact) mass is 366 g/mol. The summed E-state index contributed by atoms with van der Waals surface area (Å²) < 4.78 is 39.7. The number of nitrogens with zero attached hydrogens (tertiary/aromatic N) is 1. The number of carbonyl (C=O) groups excluding carboxylic acids is 1. The van der Waals surface area contributed by atoms with Gasteiger partial charge in [0, 0.05) is 21.5 Å². The van der Waals surface area contributed by atoms with Crippen LogP contribution in [0, 0.1) is 6.92 Å². The quantitative estimate of drug-likeness (QED) is 0.761. The fraction of sp³-hybridized carbons (Fsp3) is 0.176. The van der Waals surface area contributed by atoms with Crippen molar-refractivity contribution in [2.75, 3.05) is 5.32 Å². The molecule has 0 saturated heterocycles. The molecule has 0 aliphatic carbocycles. The van der Waals surface area contributed by atoms with E-state index in [0.29, 0.717) is 5.39 Å². The molecule has 0 aliphatic heterocycles. The summed E-state index contributed by atoms with van der Waals surface area (Å²) in [5.74, 6) is -0.492. The van der Waals surface area contributed by atoms with E-state index in [4.69, 9.17) is 0 Å². The van der Waals surface area contributed by atoms with Crippen molar-refractivity contribution in [2.45, 2.75) is 19.6 Å². The van der Waals surface area contributed by atoms with Crippen LogP contribution in [0.1, 0.15) is 10.4 Å². The molecule has 3 rings (SSSR count). The van der Waals surface area contributed by atoms with Gasteiger partial charge in [0.05, 0.1) is 10.9 Å². The van der Waals surface area contributed by atoms with Crippen LogP contribution in [-0.4, -0.2) is 10.5 Å². The van der Waals surface area contributed by atoms with Crippen LogP contribution in [0.2, 0.25) is 0 Å². The van der Waals surface area contributed by atoms with E-state index < -0.39 is 17.6 Å². The van der Waals surface area contributed by atoms with Crippen LogP contribution in [-0.2, 0) is 17.5 Å². The van der Waals surface area contributed by atoms with Crippen molar-refractivity contribution in [1.29, 1.82) is 0 Å². The number of carbonyl (C=O) groups is 1. The molecule has 2 heterocycles. The van der Waals surface area contributed by atoms with E-state index in [9.17, 15) is 22.8 Å². The van der Waals surface area contributed by atoms with Crippen LogP contribution in [0.15, 0.2) is 47.4 Å². The standard InChI is InChI=1S/C17H13F3N2O2S/c1-10-8-13-14(25-10)6-7-22(16(13)24)9-15(23)21-12-4-2-11(3-5-12)17(18,19)20/h2-8H,9H2,1H3,(H,21,23). The number of anilines is 1. The molecular weight excluding hydrogens is 353 g/mol. The molecule has 0 atom stereocenters. The van der Waals surface area contributed by atoms with Gasteiger partial charge < -0.3 is 9.88 Å². The normalized spacial score (nSPS) is 11.7. The Morgan fingerprint density at radius 1 is 1.20 bits per heavy atom. The van der Waals surface area contributed by atoms with E-state index in [1.165, 1.54) is 34.2 Å². The van der Waals surface area contributed by atoms with E-state index in [-0.39, 0.29) is 17.8 Å². The van der Waals surface area contributed by atoms with Crippen molar-refractivity contribution >= 4 is 33.0 Å². The molecule has 1 N–H and O–H groups in total. The van der Waals surface area contributed by atoms with Gasteiger partial charge in [-0.05, 0) is 43.3 Å². The lowest BCUT2D eigenvalue weighted by Gasteiger charge is -2.10. The van der Waals surface area contributed by atoms with Crippen molar-refractivity contribution in [1.82, 2.24) is 4.57 Å². The minimum absolute atomic E-state index is 0.218. The molecule has 0 unspecified atom stereocenters. The highest BCUT2D eigenvalue weighted by Crippen LogP contribution is 2.29. The van der Waals surface area contributed by atoms with Gasteiger partial charge in [-0.1, -0.05) is 0 Å². The zero-order valence-corrected chi connectivity index (χ0v) is 13.9. The van der Waals surface area contributed by atoms with E-state index in [0.717, 1.165) is 21.7 Å². The number of halogens is 3. The predicted molar refractivity (Wildman–Crippen MR) is 90.9 cm³/mol. The molecule has 0 radical (unpaired) electrons. The molecule has 0 bridgehead atoms. The van der Waals surface area contributed by atoms with Gasteiger partial charge in [-0.25, -0.2) is 0 Å². The number of hydrogen-bond acceptors (Lipinski definition) is 3. The summed E-state index contributed by atoms with van der Waals surface area (Å²) in [6.07, 6.45) is -2.89. The fourth-order valence-corrected chi connectivity index (χ4v) is 3.33. The molecule has 8 heteroatoms. The number of amides is 1. The number of aromatic nitrogens is 1. The van der Waals surface area contributed by atoms with Crippen molar-refractivity contribution in [3.05, 3.63) is 63.4 Å². The highest BCUT2D eigenvalue weighted by Gasteiger charge is 2.29. The lowest BCUT2D eigenvalue weighted by atomic mass is 10.2. The topological polar surface area (TPSA) is 51.1 Å². The Hall–Kier alpha value is -2.61. The van der Waals surface area contributed by atoms with Crippen LogP contribution in [0.25, 0.3) is 10.1 Å². The second-order valence-electron chi connectivity index (χ2n) is 5.51. The summed E-state index contributed by atoms with van der Waals surface area (Å²) >= 11 is 1.49. The Kier molecular flexibility index (Phi) is 4.38. The van der Waals surface area contributed by atoms with E-state index in [2.05, 4.69) is 5.32 Å². The first-order valence-electron chi connectivity index (χ1n) is 7.31. The van der Waals surface area contributed by atoms with Gasteiger partial charge in [0.15, 0.2) is 0 Å². The van der Waals surface area contributed by atoms with Crippen molar-refractivity contribution < 1.29 is 18.0 Å². The number of alkyl halides is 3. The molecule has 4 nitrogen and oxygen atoms in total. The Bertz CT molecular complexity index is 988. The van der Waals surface area contributed by atoms with E-state index in [1.54, 1.807) is 12.1 Å². The highest BCUT2D eigenvalue weighted by molar-refractivity contribution is 7.18. The number of aryl methyl sites for hydroxylation is 1. The molecular formula is C17H13F3N2O2S. The number of thiophene rings is 1. The smallest absolute Gasteiger partial charge is 0.325 e. The molecule has 2 aromatic heterocycles. The minimum Gasteiger partial charge on any atom is -0.325 e. The van der Waals surface area contributed by atoms with Crippen molar-refractivity contribution in [2.24, 2.45) is 0 Å². The first-order chi connectivity index (χ1) is 11.7. The number of nitrogens with one attached hydrogen (secondary N) is 1. The lowest BCUT2D eigenvalue weighted by Crippen LogP contribution is -2.27. The predicted octanol–water partition coefficient (Wildman–Crippen LogP) is 4.03. The SMILES string of the molecule is Cc1cc2c(=O)n(CC(=O)Nc3ccc(C(F)(F)F)cc3)ccc2s1. The van der Waals surface area contributed by atoms with E-state index >= 15 is 0 Å². The molecule has 130 valence electrons. The van der Waals surface area contributed by atoms with Crippen LogP contribution in [0.4, 0.5) is 18.9 Å². The lowest BCUT2D eigenvalue weighted by molar-refractivity contribution is -0.137. The first-order valence-corrected chi connectivity index (χ1v) is 8.12. The maximum atomic E-state index is 12.5. The van der Waals surface area contributed by atoms with Crippen LogP contribution in [0.3, 0.4) is 0 Å². The Labute approximate surface area is 144 Å². The fourth-order valence-electron chi connectivity index (χ4n) is 2.43. The summed E-state index contributed by atoms with van der Waals surface area (Å²) in [5.41, 5.74) is -0.831. The van der Waals surface area contributed by atoms with Gasteiger partial charge in [0.1, 0.15) is 6.54 Å². The number of hydrogen-bond donors (Lipinski definition) is 1. The number of pyridine rings is 1. The summed E-state index contributed by atoms with van der Waals surface area (Å²) in [4.78, 5) is 25.4. The molecule has 0 saturated carbocycles. The number of rotatable bonds is 3. The Balaban J connectivity index is 1.74. The summed E-state index contributed by atoms with van der Waals surface area (Å²) in [6.45, 7) is 1.68. The van der Waals surface area contributed by atoms with Crippen LogP contribution in [0.5, 0.6) is 0 Å². The third-order valence-electron chi connectivity index (χ3n) is 3.59. The Morgan fingerprint density at radius 3 is 2.52 bits per heavy atom. The van der Waals surface area contributed by atoms with Crippen molar-refractivity contribution in [3.8, 4) is 0 Å². The molecule has 1 amide bonds. The molecule has 0 fully saturated rings. The molecule has 0 aliphatic rings. The third kappa shape index (κ3) is 3.74. The average Bonchev–Trinajstić information content (AvgIpc) is 2.91. The summed E-state index contributed by atoms with van der Waals surface area (Å²) in [5, 5.41) is 3.03. The van der Waals surface area contributed by atoms with Gasteiger partial charge in [0.25, 0.3) is 5.56 Å². The zero-order valence-electron chi connectivity index (χ0n) is 13.1. The molecule has 25 heavy (non-hydrogen) atoms. The van der Waals surface area contributed by atoms with Gasteiger partial charge >= 0.3 is 6.18 Å². The molecule has 3 aromatic rings.